The van der Waals surface area contributed by atoms with Crippen LogP contribution in [-0.4, -0.2) is 23.2 Å². The summed E-state index contributed by atoms with van der Waals surface area (Å²) in [4.78, 5) is 24.7. The molecule has 3 aromatic carbocycles. The van der Waals surface area contributed by atoms with Crippen molar-refractivity contribution in [1.82, 2.24) is 5.43 Å². The van der Waals surface area contributed by atoms with Crippen LogP contribution in [-0.2, 0) is 22.0 Å². The molecule has 0 aliphatic heterocycles. The van der Waals surface area contributed by atoms with E-state index in [1.54, 1.807) is 48.5 Å². The normalized spacial score (nSPS) is 12.0. The van der Waals surface area contributed by atoms with Crippen LogP contribution in [0.1, 0.15) is 80.6 Å². The summed E-state index contributed by atoms with van der Waals surface area (Å²) >= 11 is 3.34. The molecule has 0 heterocycles. The highest BCUT2D eigenvalue weighted by atomic mass is 79.9. The Labute approximate surface area is 233 Å². The predicted octanol–water partition coefficient (Wildman–Crippen LogP) is 7.05. The molecule has 0 saturated carbocycles. The number of hydrogen-bond acceptors (Lipinski definition) is 5. The van der Waals surface area contributed by atoms with Gasteiger partial charge >= 0.3 is 5.97 Å². The molecule has 0 unspecified atom stereocenters. The number of hydrogen-bond donors (Lipinski definition) is 2. The number of rotatable bonds is 7. The number of phenolic OH excluding ortho intramolecular Hbond substituents is 1. The van der Waals surface area contributed by atoms with Crippen LogP contribution in [0.4, 0.5) is 0 Å². The second-order valence-corrected chi connectivity index (χ2v) is 12.2. The van der Waals surface area contributed by atoms with Gasteiger partial charge < -0.3 is 9.84 Å². The predicted molar refractivity (Wildman–Crippen MR) is 155 cm³/mol. The van der Waals surface area contributed by atoms with Gasteiger partial charge in [-0.2, -0.15) is 5.10 Å². The SMILES string of the molecule is CC(C)(C)c1cc(CCC(=O)N/N=C\c2ccc(OC(=O)c3ccc(Br)cc3)cc2)cc(C(C)(C)C)c1O. The molecule has 0 aromatic heterocycles. The van der Waals surface area contributed by atoms with E-state index in [9.17, 15) is 14.7 Å². The number of benzene rings is 3. The Hall–Kier alpha value is -3.45. The average molecular weight is 580 g/mol. The first-order valence-corrected chi connectivity index (χ1v) is 13.3. The van der Waals surface area contributed by atoms with E-state index in [2.05, 4.69) is 68.0 Å². The highest BCUT2D eigenvalue weighted by molar-refractivity contribution is 9.10. The van der Waals surface area contributed by atoms with Crippen molar-refractivity contribution in [2.24, 2.45) is 5.10 Å². The van der Waals surface area contributed by atoms with Crippen molar-refractivity contribution >= 4 is 34.0 Å². The Balaban J connectivity index is 1.56. The van der Waals surface area contributed by atoms with E-state index >= 15 is 0 Å². The fourth-order valence-corrected chi connectivity index (χ4v) is 4.11. The van der Waals surface area contributed by atoms with E-state index in [0.29, 0.717) is 23.5 Å². The highest BCUT2D eigenvalue weighted by Gasteiger charge is 2.26. The third-order valence-electron chi connectivity index (χ3n) is 6.00. The second kappa shape index (κ2) is 11.9. The molecular weight excluding hydrogens is 544 g/mol. The summed E-state index contributed by atoms with van der Waals surface area (Å²) < 4.78 is 6.28. The van der Waals surface area contributed by atoms with Gasteiger partial charge in [-0.25, -0.2) is 10.2 Å². The molecule has 0 saturated heterocycles. The van der Waals surface area contributed by atoms with Crippen molar-refractivity contribution in [2.75, 3.05) is 0 Å². The van der Waals surface area contributed by atoms with Crippen LogP contribution in [0.5, 0.6) is 11.5 Å². The van der Waals surface area contributed by atoms with Crippen LogP contribution in [0.3, 0.4) is 0 Å². The number of nitrogens with zero attached hydrogens (tertiary/aromatic N) is 1. The van der Waals surface area contributed by atoms with E-state index in [-0.39, 0.29) is 23.2 Å². The van der Waals surface area contributed by atoms with Crippen molar-refractivity contribution in [3.05, 3.63) is 93.0 Å². The third kappa shape index (κ3) is 8.02. The number of esters is 1. The van der Waals surface area contributed by atoms with E-state index < -0.39 is 5.97 Å². The molecule has 6 nitrogen and oxygen atoms in total. The molecule has 0 aliphatic carbocycles. The van der Waals surface area contributed by atoms with E-state index in [0.717, 1.165) is 26.7 Å². The Bertz CT molecular complexity index is 1280. The first-order chi connectivity index (χ1) is 17.7. The maximum atomic E-state index is 12.4. The number of hydrazone groups is 1. The molecule has 38 heavy (non-hydrogen) atoms. The first-order valence-electron chi connectivity index (χ1n) is 12.5. The molecular formula is C31H35BrN2O4. The van der Waals surface area contributed by atoms with Crippen molar-refractivity contribution in [3.63, 3.8) is 0 Å². The first kappa shape index (κ1) is 29.1. The van der Waals surface area contributed by atoms with Crippen LogP contribution < -0.4 is 10.2 Å². The second-order valence-electron chi connectivity index (χ2n) is 11.3. The lowest BCUT2D eigenvalue weighted by molar-refractivity contribution is -0.121. The maximum absolute atomic E-state index is 12.4. The smallest absolute Gasteiger partial charge is 0.343 e. The number of halogens is 1. The van der Waals surface area contributed by atoms with Crippen LogP contribution in [0.25, 0.3) is 0 Å². The van der Waals surface area contributed by atoms with Crippen LogP contribution in [0, 0.1) is 0 Å². The van der Waals surface area contributed by atoms with E-state index in [4.69, 9.17) is 4.74 Å². The van der Waals surface area contributed by atoms with E-state index in [1.165, 1.54) is 6.21 Å². The molecule has 3 aromatic rings. The van der Waals surface area contributed by atoms with E-state index in [1.807, 2.05) is 12.1 Å². The van der Waals surface area contributed by atoms with Crippen LogP contribution >= 0.6 is 15.9 Å². The summed E-state index contributed by atoms with van der Waals surface area (Å²) in [5.74, 6) is 0.0993. The lowest BCUT2D eigenvalue weighted by Crippen LogP contribution is -2.20. The van der Waals surface area contributed by atoms with Gasteiger partial charge in [-0.1, -0.05) is 69.6 Å². The monoisotopic (exact) mass is 578 g/mol. The Kier molecular flexibility index (Phi) is 9.15. The van der Waals surface area contributed by atoms with Gasteiger partial charge in [0.1, 0.15) is 11.5 Å². The number of carbonyl (C=O) groups excluding carboxylic acids is 2. The molecule has 0 aliphatic rings. The minimum atomic E-state index is -0.441. The number of nitrogens with one attached hydrogen (secondary N) is 1. The maximum Gasteiger partial charge on any atom is 0.343 e. The molecule has 200 valence electrons. The van der Waals surface area contributed by atoms with Crippen LogP contribution in [0.15, 0.2) is 70.2 Å². The summed E-state index contributed by atoms with van der Waals surface area (Å²) in [6.07, 6.45) is 2.33. The van der Waals surface area contributed by atoms with Gasteiger partial charge in [0.25, 0.3) is 0 Å². The number of amides is 1. The minimum Gasteiger partial charge on any atom is -0.507 e. The minimum absolute atomic E-state index is 0.205. The van der Waals surface area contributed by atoms with Gasteiger partial charge in [0.2, 0.25) is 5.91 Å². The number of carbonyl (C=O) groups is 2. The molecule has 3 rings (SSSR count). The zero-order valence-electron chi connectivity index (χ0n) is 22.8. The molecule has 2 N–H and O–H groups in total. The quantitative estimate of drug-likeness (QED) is 0.136. The Morgan fingerprint density at radius 2 is 1.47 bits per heavy atom. The number of aryl methyl sites for hydroxylation is 1. The lowest BCUT2D eigenvalue weighted by Gasteiger charge is -2.28. The summed E-state index contributed by atoms with van der Waals surface area (Å²) in [5.41, 5.74) is 6.09. The zero-order valence-corrected chi connectivity index (χ0v) is 24.3. The van der Waals surface area contributed by atoms with Gasteiger partial charge in [-0.15, -0.1) is 0 Å². The fourth-order valence-electron chi connectivity index (χ4n) is 3.85. The molecule has 1 amide bonds. The average Bonchev–Trinajstić information content (AvgIpc) is 2.83. The molecule has 0 spiro atoms. The van der Waals surface area contributed by atoms with Crippen molar-refractivity contribution < 1.29 is 19.4 Å². The summed E-state index contributed by atoms with van der Waals surface area (Å²) in [6.45, 7) is 12.4. The summed E-state index contributed by atoms with van der Waals surface area (Å²) in [6, 6.07) is 17.8. The van der Waals surface area contributed by atoms with Gasteiger partial charge in [-0.05, 0) is 88.0 Å². The number of ether oxygens (including phenoxy) is 1. The standard InChI is InChI=1S/C31H35BrN2O4/c1-30(2,3)25-17-21(18-26(28(25)36)31(4,5)6)9-16-27(35)34-33-19-20-7-14-24(15-8-20)38-29(37)22-10-12-23(32)13-11-22/h7-8,10-15,17-19,36H,9,16H2,1-6H3,(H,34,35)/b33-19-. The lowest BCUT2D eigenvalue weighted by atomic mass is 9.78. The van der Waals surface area contributed by atoms with Gasteiger partial charge in [0.15, 0.2) is 0 Å². The Morgan fingerprint density at radius 3 is 2.00 bits per heavy atom. The molecule has 0 bridgehead atoms. The highest BCUT2D eigenvalue weighted by Crippen LogP contribution is 2.40. The van der Waals surface area contributed by atoms with Gasteiger partial charge in [0.05, 0.1) is 11.8 Å². The van der Waals surface area contributed by atoms with Crippen molar-refractivity contribution in [3.8, 4) is 11.5 Å². The molecule has 0 atom stereocenters. The van der Waals surface area contributed by atoms with Gasteiger partial charge in [-0.3, -0.25) is 4.79 Å². The van der Waals surface area contributed by atoms with Crippen LogP contribution in [0.2, 0.25) is 0 Å². The van der Waals surface area contributed by atoms with Crippen molar-refractivity contribution in [2.45, 2.75) is 65.2 Å². The van der Waals surface area contributed by atoms with Gasteiger partial charge in [0, 0.05) is 10.9 Å². The third-order valence-corrected chi connectivity index (χ3v) is 6.53. The fraction of sp³-hybridized carbons (Fsp3) is 0.323. The molecule has 0 fully saturated rings. The van der Waals surface area contributed by atoms with Crippen molar-refractivity contribution in [1.29, 1.82) is 0 Å². The summed E-state index contributed by atoms with van der Waals surface area (Å²) in [5, 5.41) is 14.9. The Morgan fingerprint density at radius 1 is 0.921 bits per heavy atom. The summed E-state index contributed by atoms with van der Waals surface area (Å²) in [7, 11) is 0. The largest absolute Gasteiger partial charge is 0.507 e. The number of phenols is 1. The number of aromatic hydroxyl groups is 1. The topological polar surface area (TPSA) is 88.0 Å². The molecule has 7 heteroatoms. The zero-order chi connectivity index (χ0) is 28.1. The molecule has 0 radical (unpaired) electrons.